The van der Waals surface area contributed by atoms with Gasteiger partial charge in [-0.1, -0.05) is 12.1 Å². The van der Waals surface area contributed by atoms with Gasteiger partial charge in [-0.3, -0.25) is 5.32 Å². The van der Waals surface area contributed by atoms with Crippen LogP contribution in [0, 0.1) is 0 Å². The Morgan fingerprint density at radius 2 is 1.83 bits per heavy atom. The lowest BCUT2D eigenvalue weighted by Crippen LogP contribution is -2.20. The van der Waals surface area contributed by atoms with Crippen molar-refractivity contribution in [1.29, 1.82) is 0 Å². The van der Waals surface area contributed by atoms with Crippen LogP contribution in [0.1, 0.15) is 18.9 Å². The van der Waals surface area contributed by atoms with E-state index in [0.29, 0.717) is 24.7 Å². The van der Waals surface area contributed by atoms with Crippen molar-refractivity contribution in [3.63, 3.8) is 0 Å². The van der Waals surface area contributed by atoms with E-state index in [4.69, 9.17) is 9.15 Å². The zero-order chi connectivity index (χ0) is 20.7. The molecule has 3 heterocycles. The standard InChI is InChI=1S/C20H17F3N4O3/c21-20(22,23)30-13-5-6-15-17(11-13)29-19(25-15)26-18-24-14-3-1-2-4-16(14)27(18)12-7-9-28-10-8-12/h1-6,11-12H,7-10H2,(H,24,25,26). The summed E-state index contributed by atoms with van der Waals surface area (Å²) in [6.45, 7) is 1.34. The number of halogens is 3. The van der Waals surface area contributed by atoms with E-state index in [0.717, 1.165) is 29.9 Å². The molecule has 10 heteroatoms. The van der Waals surface area contributed by atoms with Gasteiger partial charge in [-0.25, -0.2) is 4.98 Å². The minimum absolute atomic E-state index is 0.137. The van der Waals surface area contributed by atoms with Crippen molar-refractivity contribution in [3.8, 4) is 5.75 Å². The number of hydrogen-bond acceptors (Lipinski definition) is 6. The number of imidazole rings is 1. The Morgan fingerprint density at radius 3 is 2.63 bits per heavy atom. The number of aromatic nitrogens is 3. The number of benzene rings is 2. The van der Waals surface area contributed by atoms with Crippen LogP contribution in [-0.4, -0.2) is 34.1 Å². The fourth-order valence-corrected chi connectivity index (χ4v) is 3.70. The summed E-state index contributed by atoms with van der Waals surface area (Å²) in [7, 11) is 0. The van der Waals surface area contributed by atoms with Crippen molar-refractivity contribution in [1.82, 2.24) is 14.5 Å². The molecule has 1 saturated heterocycles. The fourth-order valence-electron chi connectivity index (χ4n) is 3.70. The molecule has 0 radical (unpaired) electrons. The number of fused-ring (bicyclic) bond motifs is 2. The molecule has 1 aliphatic rings. The first-order valence-corrected chi connectivity index (χ1v) is 9.44. The van der Waals surface area contributed by atoms with Gasteiger partial charge in [0.05, 0.1) is 11.0 Å². The van der Waals surface area contributed by atoms with Crippen LogP contribution in [0.2, 0.25) is 0 Å². The number of alkyl halides is 3. The molecule has 1 N–H and O–H groups in total. The van der Waals surface area contributed by atoms with Crippen LogP contribution in [0.4, 0.5) is 25.1 Å². The van der Waals surface area contributed by atoms with Gasteiger partial charge in [-0.05, 0) is 37.1 Å². The zero-order valence-corrected chi connectivity index (χ0v) is 15.6. The highest BCUT2D eigenvalue weighted by Gasteiger charge is 2.31. The lowest BCUT2D eigenvalue weighted by Gasteiger charge is -2.25. The van der Waals surface area contributed by atoms with E-state index < -0.39 is 6.36 Å². The number of nitrogens with one attached hydrogen (secondary N) is 1. The van der Waals surface area contributed by atoms with E-state index in [1.807, 2.05) is 24.3 Å². The Bertz CT molecular complexity index is 1200. The van der Waals surface area contributed by atoms with Crippen LogP contribution in [0.25, 0.3) is 22.1 Å². The van der Waals surface area contributed by atoms with Crippen LogP contribution < -0.4 is 10.1 Å². The molecule has 0 aliphatic carbocycles. The van der Waals surface area contributed by atoms with Crippen molar-refractivity contribution in [2.75, 3.05) is 18.5 Å². The number of anilines is 2. The van der Waals surface area contributed by atoms with Gasteiger partial charge in [-0.15, -0.1) is 13.2 Å². The molecule has 0 bridgehead atoms. The second-order valence-corrected chi connectivity index (χ2v) is 6.96. The Kier molecular flexibility index (Phi) is 4.50. The smallest absolute Gasteiger partial charge is 0.423 e. The number of nitrogens with zero attached hydrogens (tertiary/aromatic N) is 3. The molecule has 7 nitrogen and oxygen atoms in total. The predicted octanol–water partition coefficient (Wildman–Crippen LogP) is 5.17. The van der Waals surface area contributed by atoms with Crippen molar-refractivity contribution in [2.45, 2.75) is 25.2 Å². The first-order valence-electron chi connectivity index (χ1n) is 9.44. The van der Waals surface area contributed by atoms with E-state index in [-0.39, 0.29) is 23.4 Å². The van der Waals surface area contributed by atoms with Crippen LogP contribution in [0.5, 0.6) is 5.75 Å². The van der Waals surface area contributed by atoms with Crippen LogP contribution >= 0.6 is 0 Å². The summed E-state index contributed by atoms with van der Waals surface area (Å²) < 4.78 is 54.5. The molecule has 2 aromatic carbocycles. The molecule has 1 aliphatic heterocycles. The van der Waals surface area contributed by atoms with Gasteiger partial charge in [0.25, 0.3) is 0 Å². The first kappa shape index (κ1) is 18.7. The summed E-state index contributed by atoms with van der Waals surface area (Å²) in [6.07, 6.45) is -3.08. The maximum Gasteiger partial charge on any atom is 0.573 e. The summed E-state index contributed by atoms with van der Waals surface area (Å²) >= 11 is 0. The SMILES string of the molecule is FC(F)(F)Oc1ccc2nc(Nc3nc4ccccc4n3C3CCOCC3)oc2c1. The Hall–Kier alpha value is -3.27. The lowest BCUT2D eigenvalue weighted by atomic mass is 10.1. The molecule has 2 aromatic heterocycles. The Balaban J connectivity index is 1.50. The van der Waals surface area contributed by atoms with Crippen LogP contribution in [0.15, 0.2) is 46.9 Å². The van der Waals surface area contributed by atoms with E-state index >= 15 is 0 Å². The molecular formula is C20H17F3N4O3. The van der Waals surface area contributed by atoms with Gasteiger partial charge >= 0.3 is 12.4 Å². The number of hydrogen-bond donors (Lipinski definition) is 1. The number of para-hydroxylation sites is 2. The minimum atomic E-state index is -4.77. The van der Waals surface area contributed by atoms with E-state index in [1.54, 1.807) is 0 Å². The highest BCUT2D eigenvalue weighted by molar-refractivity contribution is 5.80. The summed E-state index contributed by atoms with van der Waals surface area (Å²) in [6, 6.07) is 11.9. The van der Waals surface area contributed by atoms with E-state index in [2.05, 4.69) is 24.6 Å². The summed E-state index contributed by atoms with van der Waals surface area (Å²) in [5.74, 6) is 0.188. The molecule has 5 rings (SSSR count). The minimum Gasteiger partial charge on any atom is -0.423 e. The first-order chi connectivity index (χ1) is 14.5. The highest BCUT2D eigenvalue weighted by atomic mass is 19.4. The zero-order valence-electron chi connectivity index (χ0n) is 15.6. The molecule has 0 saturated carbocycles. The van der Waals surface area contributed by atoms with Gasteiger partial charge < -0.3 is 18.5 Å². The monoisotopic (exact) mass is 418 g/mol. The third kappa shape index (κ3) is 3.65. The predicted molar refractivity (Wildman–Crippen MR) is 103 cm³/mol. The van der Waals surface area contributed by atoms with Gasteiger partial charge in [0.2, 0.25) is 5.95 Å². The maximum atomic E-state index is 12.5. The van der Waals surface area contributed by atoms with E-state index in [9.17, 15) is 13.2 Å². The maximum absolute atomic E-state index is 12.5. The largest absolute Gasteiger partial charge is 0.573 e. The second-order valence-electron chi connectivity index (χ2n) is 6.96. The molecular weight excluding hydrogens is 401 g/mol. The lowest BCUT2D eigenvalue weighted by molar-refractivity contribution is -0.274. The van der Waals surface area contributed by atoms with E-state index in [1.165, 1.54) is 12.1 Å². The quantitative estimate of drug-likeness (QED) is 0.493. The van der Waals surface area contributed by atoms with Crippen molar-refractivity contribution in [2.24, 2.45) is 0 Å². The van der Waals surface area contributed by atoms with Crippen LogP contribution in [-0.2, 0) is 4.74 Å². The Labute approximate surface area is 168 Å². The van der Waals surface area contributed by atoms with Crippen LogP contribution in [0.3, 0.4) is 0 Å². The number of rotatable bonds is 4. The summed E-state index contributed by atoms with van der Waals surface area (Å²) in [5, 5.41) is 3.09. The van der Waals surface area contributed by atoms with Crippen molar-refractivity contribution < 1.29 is 27.1 Å². The molecule has 0 amide bonds. The highest BCUT2D eigenvalue weighted by Crippen LogP contribution is 2.33. The van der Waals surface area contributed by atoms with Crippen molar-refractivity contribution in [3.05, 3.63) is 42.5 Å². The normalized spacial score (nSPS) is 15.7. The molecule has 0 atom stereocenters. The molecule has 30 heavy (non-hydrogen) atoms. The summed E-state index contributed by atoms with van der Waals surface area (Å²) in [4.78, 5) is 8.97. The fraction of sp³-hybridized carbons (Fsp3) is 0.300. The summed E-state index contributed by atoms with van der Waals surface area (Å²) in [5.41, 5.74) is 2.38. The number of ether oxygens (including phenoxy) is 2. The molecule has 0 spiro atoms. The molecule has 4 aromatic rings. The van der Waals surface area contributed by atoms with Gasteiger partial charge in [0.15, 0.2) is 5.58 Å². The molecule has 0 unspecified atom stereocenters. The molecule has 156 valence electrons. The third-order valence-electron chi connectivity index (χ3n) is 4.96. The number of oxazole rings is 1. The second kappa shape index (κ2) is 7.21. The molecule has 1 fully saturated rings. The van der Waals surface area contributed by atoms with Gasteiger partial charge in [0.1, 0.15) is 11.3 Å². The third-order valence-corrected chi connectivity index (χ3v) is 4.96. The Morgan fingerprint density at radius 1 is 1.03 bits per heavy atom. The average Bonchev–Trinajstić information content (AvgIpc) is 3.27. The van der Waals surface area contributed by atoms with Gasteiger partial charge in [0, 0.05) is 25.3 Å². The van der Waals surface area contributed by atoms with Crippen molar-refractivity contribution >= 4 is 34.1 Å². The topological polar surface area (TPSA) is 74.3 Å². The average molecular weight is 418 g/mol. The van der Waals surface area contributed by atoms with Gasteiger partial charge in [-0.2, -0.15) is 4.98 Å².